The number of aromatic hydroxyl groups is 1. The number of rotatable bonds is 5. The van der Waals surface area contributed by atoms with Crippen molar-refractivity contribution in [2.24, 2.45) is 0 Å². The molecule has 0 aliphatic heterocycles. The lowest BCUT2D eigenvalue weighted by atomic mass is 10.0. The predicted octanol–water partition coefficient (Wildman–Crippen LogP) is 6.19. The van der Waals surface area contributed by atoms with Gasteiger partial charge in [-0.2, -0.15) is 0 Å². The Morgan fingerprint density at radius 3 is 1.69 bits per heavy atom. The van der Waals surface area contributed by atoms with E-state index in [1.165, 1.54) is 42.4 Å². The quantitative estimate of drug-likeness (QED) is 0.433. The minimum absolute atomic E-state index is 0.260. The van der Waals surface area contributed by atoms with Crippen LogP contribution in [0.15, 0.2) is 72.8 Å². The average molecular weight is 340 g/mol. The van der Waals surface area contributed by atoms with Gasteiger partial charge in [-0.25, -0.2) is 0 Å². The minimum Gasteiger partial charge on any atom is -0.508 e. The maximum absolute atomic E-state index is 9.30. The Kier molecular flexibility index (Phi) is 6.12. The highest BCUT2D eigenvalue weighted by Gasteiger charge is 1.99. The van der Waals surface area contributed by atoms with E-state index in [2.05, 4.69) is 67.3 Å². The first-order chi connectivity index (χ1) is 12.7. The SMILES string of the molecule is CCCCCc1ccc(-c2ccc(C#Cc3ccc(O)cc3)cc2)cc1. The Morgan fingerprint density at radius 2 is 1.15 bits per heavy atom. The molecule has 0 saturated carbocycles. The van der Waals surface area contributed by atoms with Crippen molar-refractivity contribution in [2.45, 2.75) is 32.6 Å². The van der Waals surface area contributed by atoms with Gasteiger partial charge in [0, 0.05) is 11.1 Å². The lowest BCUT2D eigenvalue weighted by Crippen LogP contribution is -1.86. The number of hydrogen-bond donors (Lipinski definition) is 1. The molecule has 0 amide bonds. The molecule has 3 aromatic rings. The summed E-state index contributed by atoms with van der Waals surface area (Å²) in [6.45, 7) is 2.24. The molecular weight excluding hydrogens is 316 g/mol. The molecule has 0 spiro atoms. The maximum Gasteiger partial charge on any atom is 0.115 e. The molecule has 0 atom stereocenters. The summed E-state index contributed by atoms with van der Waals surface area (Å²) in [5.41, 5.74) is 5.74. The first-order valence-electron chi connectivity index (χ1n) is 9.25. The van der Waals surface area contributed by atoms with Gasteiger partial charge in [-0.15, -0.1) is 0 Å². The van der Waals surface area contributed by atoms with Crippen LogP contribution >= 0.6 is 0 Å². The Balaban J connectivity index is 1.66. The molecule has 3 aromatic carbocycles. The fraction of sp³-hybridized carbons (Fsp3) is 0.200. The van der Waals surface area contributed by atoms with E-state index < -0.39 is 0 Å². The van der Waals surface area contributed by atoms with E-state index in [0.29, 0.717) is 0 Å². The van der Waals surface area contributed by atoms with Gasteiger partial charge >= 0.3 is 0 Å². The van der Waals surface area contributed by atoms with Crippen molar-refractivity contribution in [1.29, 1.82) is 0 Å². The number of phenols is 1. The summed E-state index contributed by atoms with van der Waals surface area (Å²) in [6, 6.07) is 24.2. The molecule has 3 rings (SSSR count). The Morgan fingerprint density at radius 1 is 0.654 bits per heavy atom. The highest BCUT2D eigenvalue weighted by molar-refractivity contribution is 5.64. The Bertz CT molecular complexity index is 876. The van der Waals surface area contributed by atoms with E-state index in [1.54, 1.807) is 12.1 Å². The van der Waals surface area contributed by atoms with Gasteiger partial charge in [-0.05, 0) is 65.9 Å². The van der Waals surface area contributed by atoms with Gasteiger partial charge in [0.1, 0.15) is 5.75 Å². The lowest BCUT2D eigenvalue weighted by molar-refractivity contribution is 0.475. The van der Waals surface area contributed by atoms with Crippen LogP contribution < -0.4 is 0 Å². The van der Waals surface area contributed by atoms with Gasteiger partial charge in [0.2, 0.25) is 0 Å². The molecule has 0 aliphatic carbocycles. The van der Waals surface area contributed by atoms with Crippen LogP contribution in [-0.4, -0.2) is 5.11 Å². The zero-order valence-corrected chi connectivity index (χ0v) is 15.2. The van der Waals surface area contributed by atoms with Gasteiger partial charge in [0.25, 0.3) is 0 Å². The molecule has 0 bridgehead atoms. The Hall–Kier alpha value is -2.98. The van der Waals surface area contributed by atoms with Crippen LogP contribution in [0.2, 0.25) is 0 Å². The second-order valence-corrected chi connectivity index (χ2v) is 6.53. The summed E-state index contributed by atoms with van der Waals surface area (Å²) in [5, 5.41) is 9.30. The fourth-order valence-corrected chi connectivity index (χ4v) is 2.88. The van der Waals surface area contributed by atoms with E-state index in [4.69, 9.17) is 0 Å². The summed E-state index contributed by atoms with van der Waals surface area (Å²) in [4.78, 5) is 0. The lowest BCUT2D eigenvalue weighted by Gasteiger charge is -2.05. The van der Waals surface area contributed by atoms with Crippen molar-refractivity contribution in [3.63, 3.8) is 0 Å². The van der Waals surface area contributed by atoms with Crippen LogP contribution in [0.1, 0.15) is 42.9 Å². The third kappa shape index (κ3) is 5.01. The van der Waals surface area contributed by atoms with Crippen LogP contribution in [0.4, 0.5) is 0 Å². The van der Waals surface area contributed by atoms with Gasteiger partial charge in [0.05, 0.1) is 0 Å². The van der Waals surface area contributed by atoms with E-state index in [1.807, 2.05) is 12.1 Å². The highest BCUT2D eigenvalue weighted by Crippen LogP contribution is 2.21. The van der Waals surface area contributed by atoms with Crippen LogP contribution in [0, 0.1) is 11.8 Å². The molecule has 0 heterocycles. The maximum atomic E-state index is 9.30. The van der Waals surface area contributed by atoms with Crippen molar-refractivity contribution < 1.29 is 5.11 Å². The zero-order valence-electron chi connectivity index (χ0n) is 15.2. The third-order valence-corrected chi connectivity index (χ3v) is 4.46. The fourth-order valence-electron chi connectivity index (χ4n) is 2.88. The molecule has 0 radical (unpaired) electrons. The van der Waals surface area contributed by atoms with Crippen molar-refractivity contribution in [3.8, 4) is 28.7 Å². The summed E-state index contributed by atoms with van der Waals surface area (Å²) < 4.78 is 0. The van der Waals surface area contributed by atoms with Gasteiger partial charge < -0.3 is 5.11 Å². The van der Waals surface area contributed by atoms with E-state index >= 15 is 0 Å². The van der Waals surface area contributed by atoms with Crippen molar-refractivity contribution in [1.82, 2.24) is 0 Å². The van der Waals surface area contributed by atoms with E-state index in [-0.39, 0.29) is 5.75 Å². The average Bonchev–Trinajstić information content (AvgIpc) is 2.69. The van der Waals surface area contributed by atoms with Gasteiger partial charge in [0.15, 0.2) is 0 Å². The molecule has 0 aliphatic rings. The molecule has 0 unspecified atom stereocenters. The first kappa shape index (κ1) is 17.8. The normalized spacial score (nSPS) is 10.2. The topological polar surface area (TPSA) is 20.2 Å². The molecule has 26 heavy (non-hydrogen) atoms. The smallest absolute Gasteiger partial charge is 0.115 e. The minimum atomic E-state index is 0.260. The number of phenolic OH excluding ortho intramolecular Hbond substituents is 1. The van der Waals surface area contributed by atoms with Crippen LogP contribution in [0.3, 0.4) is 0 Å². The summed E-state index contributed by atoms with van der Waals surface area (Å²) in [7, 11) is 0. The molecule has 1 heteroatoms. The highest BCUT2D eigenvalue weighted by atomic mass is 16.3. The monoisotopic (exact) mass is 340 g/mol. The molecule has 1 N–H and O–H groups in total. The van der Waals surface area contributed by atoms with Crippen LogP contribution in [0.5, 0.6) is 5.75 Å². The van der Waals surface area contributed by atoms with Crippen LogP contribution in [0.25, 0.3) is 11.1 Å². The number of unbranched alkanes of at least 4 members (excludes halogenated alkanes) is 2. The zero-order chi connectivity index (χ0) is 18.2. The van der Waals surface area contributed by atoms with Gasteiger partial charge in [-0.1, -0.05) is 68.0 Å². The largest absolute Gasteiger partial charge is 0.508 e. The summed E-state index contributed by atoms with van der Waals surface area (Å²) >= 11 is 0. The Labute approximate surface area is 156 Å². The predicted molar refractivity (Wildman–Crippen MR) is 109 cm³/mol. The second kappa shape index (κ2) is 8.92. The molecule has 0 fully saturated rings. The van der Waals surface area contributed by atoms with Crippen molar-refractivity contribution in [3.05, 3.63) is 89.5 Å². The van der Waals surface area contributed by atoms with Crippen molar-refractivity contribution in [2.75, 3.05) is 0 Å². The van der Waals surface area contributed by atoms with E-state index in [9.17, 15) is 5.11 Å². The molecular formula is C25H24O. The van der Waals surface area contributed by atoms with Crippen molar-refractivity contribution >= 4 is 0 Å². The van der Waals surface area contributed by atoms with E-state index in [0.717, 1.165) is 11.1 Å². The molecule has 0 saturated heterocycles. The van der Waals surface area contributed by atoms with Gasteiger partial charge in [-0.3, -0.25) is 0 Å². The number of hydrogen-bond acceptors (Lipinski definition) is 1. The molecule has 130 valence electrons. The van der Waals surface area contributed by atoms with Crippen LogP contribution in [-0.2, 0) is 6.42 Å². The second-order valence-electron chi connectivity index (χ2n) is 6.53. The standard InChI is InChI=1S/C25H24O/c1-2-3-4-5-20-8-14-23(15-9-20)24-16-10-21(11-17-24)6-7-22-12-18-25(26)19-13-22/h8-19,26H,2-5H2,1H3. The summed E-state index contributed by atoms with van der Waals surface area (Å²) in [5.74, 6) is 6.54. The number of aryl methyl sites for hydroxylation is 1. The molecule has 0 aromatic heterocycles. The third-order valence-electron chi connectivity index (χ3n) is 4.46. The summed E-state index contributed by atoms with van der Waals surface area (Å²) in [6.07, 6.45) is 5.00. The molecule has 1 nitrogen and oxygen atoms in total. The number of benzene rings is 3. The first-order valence-corrected chi connectivity index (χ1v) is 9.25.